The Hall–Kier alpha value is -0.880. The quantitative estimate of drug-likeness (QED) is 0.860. The molecule has 0 aliphatic heterocycles. The molecule has 1 aromatic heterocycles. The Balaban J connectivity index is 2.49. The Morgan fingerprint density at radius 1 is 1.53 bits per heavy atom. The van der Waals surface area contributed by atoms with Gasteiger partial charge in [-0.05, 0) is 17.9 Å². The minimum absolute atomic E-state index is 0.0120. The lowest BCUT2D eigenvalue weighted by Gasteiger charge is -2.15. The van der Waals surface area contributed by atoms with E-state index in [0.717, 1.165) is 17.6 Å². The first-order chi connectivity index (χ1) is 7.92. The molecular weight excluding hydrogens is 258 g/mol. The number of amides is 1. The average molecular weight is 275 g/mol. The van der Waals surface area contributed by atoms with Crippen molar-refractivity contribution in [3.05, 3.63) is 22.4 Å². The Morgan fingerprint density at radius 3 is 2.71 bits per heavy atom. The SMILES string of the molecule is CCC(NC(=O)CCS(C)(=O)=O)c1cccs1. The zero-order chi connectivity index (χ0) is 12.9. The van der Waals surface area contributed by atoms with Gasteiger partial charge in [0.2, 0.25) is 5.91 Å². The van der Waals surface area contributed by atoms with Crippen molar-refractivity contribution >= 4 is 27.1 Å². The fourth-order valence-electron chi connectivity index (χ4n) is 1.41. The van der Waals surface area contributed by atoms with E-state index in [2.05, 4.69) is 5.32 Å². The van der Waals surface area contributed by atoms with Crippen molar-refractivity contribution in [3.63, 3.8) is 0 Å². The molecule has 17 heavy (non-hydrogen) atoms. The highest BCUT2D eigenvalue weighted by Gasteiger charge is 2.14. The lowest BCUT2D eigenvalue weighted by atomic mass is 10.2. The number of thiophene rings is 1. The molecule has 0 bridgehead atoms. The summed E-state index contributed by atoms with van der Waals surface area (Å²) in [5.41, 5.74) is 0. The monoisotopic (exact) mass is 275 g/mol. The van der Waals surface area contributed by atoms with Crippen molar-refractivity contribution in [2.45, 2.75) is 25.8 Å². The molecular formula is C11H17NO3S2. The highest BCUT2D eigenvalue weighted by molar-refractivity contribution is 7.90. The lowest BCUT2D eigenvalue weighted by Crippen LogP contribution is -2.29. The van der Waals surface area contributed by atoms with Gasteiger partial charge in [-0.15, -0.1) is 11.3 Å². The highest BCUT2D eigenvalue weighted by Crippen LogP contribution is 2.21. The van der Waals surface area contributed by atoms with Crippen LogP contribution in [0, 0.1) is 0 Å². The van der Waals surface area contributed by atoms with E-state index in [4.69, 9.17) is 0 Å². The van der Waals surface area contributed by atoms with E-state index in [1.165, 1.54) is 0 Å². The molecule has 1 aromatic rings. The Kier molecular flexibility index (Phi) is 5.14. The average Bonchev–Trinajstić information content (AvgIpc) is 2.75. The van der Waals surface area contributed by atoms with Crippen molar-refractivity contribution in [1.29, 1.82) is 0 Å². The van der Waals surface area contributed by atoms with Crippen molar-refractivity contribution < 1.29 is 13.2 Å². The molecule has 96 valence electrons. The van der Waals surface area contributed by atoms with E-state index in [1.54, 1.807) is 11.3 Å². The zero-order valence-electron chi connectivity index (χ0n) is 9.97. The van der Waals surface area contributed by atoms with Gasteiger partial charge in [-0.25, -0.2) is 8.42 Å². The van der Waals surface area contributed by atoms with E-state index in [0.29, 0.717) is 0 Å². The molecule has 1 heterocycles. The summed E-state index contributed by atoms with van der Waals surface area (Å²) >= 11 is 1.59. The Labute approximate surface area is 106 Å². The molecule has 0 aliphatic carbocycles. The third kappa shape index (κ3) is 5.32. The zero-order valence-corrected chi connectivity index (χ0v) is 11.6. The van der Waals surface area contributed by atoms with Gasteiger partial charge >= 0.3 is 0 Å². The molecule has 4 nitrogen and oxygen atoms in total. The largest absolute Gasteiger partial charge is 0.348 e. The second-order valence-corrected chi connectivity index (χ2v) is 7.16. The number of carbonyl (C=O) groups is 1. The maximum absolute atomic E-state index is 11.6. The molecule has 1 atom stereocenters. The van der Waals surface area contributed by atoms with E-state index in [9.17, 15) is 13.2 Å². The van der Waals surface area contributed by atoms with Crippen LogP contribution in [0.5, 0.6) is 0 Å². The van der Waals surface area contributed by atoms with Gasteiger partial charge in [0.05, 0.1) is 11.8 Å². The van der Waals surface area contributed by atoms with Crippen LogP contribution in [-0.2, 0) is 14.6 Å². The van der Waals surface area contributed by atoms with Crippen molar-refractivity contribution in [3.8, 4) is 0 Å². The van der Waals surface area contributed by atoms with Gasteiger partial charge in [0.1, 0.15) is 9.84 Å². The maximum atomic E-state index is 11.6. The standard InChI is InChI=1S/C11H17NO3S2/c1-3-9(10-5-4-7-16-10)12-11(13)6-8-17(2,14)15/h4-5,7,9H,3,6,8H2,1-2H3,(H,12,13). The molecule has 1 N–H and O–H groups in total. The molecule has 0 radical (unpaired) electrons. The molecule has 1 amide bonds. The minimum atomic E-state index is -3.07. The van der Waals surface area contributed by atoms with Crippen LogP contribution in [0.15, 0.2) is 17.5 Å². The smallest absolute Gasteiger partial charge is 0.221 e. The minimum Gasteiger partial charge on any atom is -0.348 e. The van der Waals surface area contributed by atoms with Crippen LogP contribution in [0.3, 0.4) is 0 Å². The summed E-state index contributed by atoms with van der Waals surface area (Å²) in [7, 11) is -3.07. The van der Waals surface area contributed by atoms with Crippen molar-refractivity contribution in [1.82, 2.24) is 5.32 Å². The highest BCUT2D eigenvalue weighted by atomic mass is 32.2. The Morgan fingerprint density at radius 2 is 2.24 bits per heavy atom. The van der Waals surface area contributed by atoms with Crippen LogP contribution in [0.4, 0.5) is 0 Å². The van der Waals surface area contributed by atoms with Crippen LogP contribution in [0.1, 0.15) is 30.7 Å². The summed E-state index contributed by atoms with van der Waals surface area (Å²) in [6, 6.07) is 3.89. The fraction of sp³-hybridized carbons (Fsp3) is 0.545. The van der Waals surface area contributed by atoms with E-state index in [1.807, 2.05) is 24.4 Å². The van der Waals surface area contributed by atoms with E-state index in [-0.39, 0.29) is 24.1 Å². The number of carbonyl (C=O) groups excluding carboxylic acids is 1. The summed E-state index contributed by atoms with van der Waals surface area (Å²) < 4.78 is 21.9. The molecule has 0 saturated carbocycles. The molecule has 0 aliphatic rings. The molecule has 1 rings (SSSR count). The number of sulfone groups is 1. The third-order valence-corrected chi connectivity index (χ3v) is 4.26. The fourth-order valence-corrected chi connectivity index (χ4v) is 2.83. The predicted octanol–water partition coefficient (Wildman–Crippen LogP) is 1.75. The lowest BCUT2D eigenvalue weighted by molar-refractivity contribution is -0.121. The van der Waals surface area contributed by atoms with Crippen LogP contribution in [0.25, 0.3) is 0 Å². The number of rotatable bonds is 6. The van der Waals surface area contributed by atoms with Gasteiger partial charge < -0.3 is 5.32 Å². The number of hydrogen-bond donors (Lipinski definition) is 1. The summed E-state index contributed by atoms with van der Waals surface area (Å²) in [5, 5.41) is 4.81. The topological polar surface area (TPSA) is 63.2 Å². The van der Waals surface area contributed by atoms with Gasteiger partial charge in [0, 0.05) is 17.6 Å². The summed E-state index contributed by atoms with van der Waals surface area (Å²) in [4.78, 5) is 12.7. The molecule has 0 aromatic carbocycles. The molecule has 1 unspecified atom stereocenters. The Bertz CT molecular complexity index is 451. The molecule has 6 heteroatoms. The van der Waals surface area contributed by atoms with Crippen LogP contribution < -0.4 is 5.32 Å². The molecule has 0 saturated heterocycles. The normalized spacial score (nSPS) is 13.3. The van der Waals surface area contributed by atoms with Crippen LogP contribution in [0.2, 0.25) is 0 Å². The predicted molar refractivity (Wildman–Crippen MR) is 69.8 cm³/mol. The third-order valence-electron chi connectivity index (χ3n) is 2.33. The van der Waals surface area contributed by atoms with Gasteiger partial charge in [0.25, 0.3) is 0 Å². The van der Waals surface area contributed by atoms with Crippen LogP contribution >= 0.6 is 11.3 Å². The van der Waals surface area contributed by atoms with Crippen LogP contribution in [-0.4, -0.2) is 26.3 Å². The second-order valence-electron chi connectivity index (χ2n) is 3.92. The number of nitrogens with one attached hydrogen (secondary N) is 1. The van der Waals surface area contributed by atoms with E-state index >= 15 is 0 Å². The summed E-state index contributed by atoms with van der Waals surface area (Å²) in [6.07, 6.45) is 1.96. The summed E-state index contributed by atoms with van der Waals surface area (Å²) in [5.74, 6) is -0.310. The first-order valence-electron chi connectivity index (χ1n) is 5.43. The van der Waals surface area contributed by atoms with Crippen molar-refractivity contribution in [2.75, 3.05) is 12.0 Å². The van der Waals surface area contributed by atoms with Gasteiger partial charge in [-0.1, -0.05) is 13.0 Å². The van der Waals surface area contributed by atoms with Crippen molar-refractivity contribution in [2.24, 2.45) is 0 Å². The summed E-state index contributed by atoms with van der Waals surface area (Å²) in [6.45, 7) is 1.99. The molecule has 0 fully saturated rings. The number of hydrogen-bond acceptors (Lipinski definition) is 4. The van der Waals surface area contributed by atoms with Gasteiger partial charge in [-0.3, -0.25) is 4.79 Å². The first-order valence-corrected chi connectivity index (χ1v) is 8.37. The maximum Gasteiger partial charge on any atom is 0.221 e. The second kappa shape index (κ2) is 6.16. The first kappa shape index (κ1) is 14.2. The molecule has 0 spiro atoms. The van der Waals surface area contributed by atoms with Gasteiger partial charge in [0.15, 0.2) is 0 Å². The van der Waals surface area contributed by atoms with E-state index < -0.39 is 9.84 Å². The van der Waals surface area contributed by atoms with Gasteiger partial charge in [-0.2, -0.15) is 0 Å².